The van der Waals surface area contributed by atoms with Crippen molar-refractivity contribution in [1.82, 2.24) is 0 Å². The molecule has 0 N–H and O–H groups in total. The largest absolute Gasteiger partial charge is 0.382 e. The first-order chi connectivity index (χ1) is 22.3. The van der Waals surface area contributed by atoms with Crippen molar-refractivity contribution in [2.24, 2.45) is 0 Å². The molecule has 0 aromatic heterocycles. The lowest BCUT2D eigenvalue weighted by Gasteiger charge is -2.50. The molecule has 0 aromatic rings. The minimum Gasteiger partial charge on any atom is -0.382 e. The van der Waals surface area contributed by atoms with E-state index in [9.17, 15) is 0 Å². The number of hydrogen-bond donors (Lipinski definition) is 0. The van der Waals surface area contributed by atoms with Crippen LogP contribution in [0.5, 0.6) is 0 Å². The highest BCUT2D eigenvalue weighted by molar-refractivity contribution is 4.97. The van der Waals surface area contributed by atoms with Crippen molar-refractivity contribution < 1.29 is 75.8 Å². The van der Waals surface area contributed by atoms with Crippen LogP contribution in [0.15, 0.2) is 0 Å². The second-order valence-corrected chi connectivity index (χ2v) is 10.9. The maximum Gasteiger partial charge on any atom is 0.187 e. The standard InChI is InChI=1S/C30H58O16/c1-31-13-17(35-5)21(36-6)22(37-7)18(14-32-2)44-30-28(26(41-11)24(39-9)20(45-30)16-34-4)46-29-27(42-12)25(40-10)23(38-8)19(43-29)15-33-3/h17-30H,13-16H2,1-12H3. The molecule has 14 atom stereocenters. The summed E-state index contributed by atoms with van der Waals surface area (Å²) in [6.45, 7) is 0.755. The molecule has 2 saturated heterocycles. The summed E-state index contributed by atoms with van der Waals surface area (Å²) in [7, 11) is 18.8. The molecule has 16 heteroatoms. The van der Waals surface area contributed by atoms with E-state index in [1.807, 2.05) is 0 Å². The number of hydrogen-bond acceptors (Lipinski definition) is 16. The van der Waals surface area contributed by atoms with Crippen LogP contribution < -0.4 is 0 Å². The zero-order chi connectivity index (χ0) is 34.2. The van der Waals surface area contributed by atoms with Gasteiger partial charge in [0.05, 0.1) is 26.4 Å². The fourth-order valence-corrected chi connectivity index (χ4v) is 6.23. The van der Waals surface area contributed by atoms with Crippen LogP contribution in [0.3, 0.4) is 0 Å². The first kappa shape index (κ1) is 41.5. The second kappa shape index (κ2) is 22.2. The van der Waals surface area contributed by atoms with Gasteiger partial charge in [-0.15, -0.1) is 0 Å². The van der Waals surface area contributed by atoms with Crippen molar-refractivity contribution in [3.8, 4) is 0 Å². The molecule has 16 nitrogen and oxygen atoms in total. The second-order valence-electron chi connectivity index (χ2n) is 10.9. The maximum atomic E-state index is 6.71. The summed E-state index contributed by atoms with van der Waals surface area (Å²) in [4.78, 5) is 0. The molecule has 0 radical (unpaired) electrons. The molecule has 2 rings (SSSR count). The summed E-state index contributed by atoms with van der Waals surface area (Å²) in [5.74, 6) is 0. The van der Waals surface area contributed by atoms with Crippen LogP contribution in [0.25, 0.3) is 0 Å². The Morgan fingerprint density at radius 3 is 1.28 bits per heavy atom. The van der Waals surface area contributed by atoms with Gasteiger partial charge >= 0.3 is 0 Å². The lowest BCUT2D eigenvalue weighted by molar-refractivity contribution is -0.382. The van der Waals surface area contributed by atoms with Crippen molar-refractivity contribution in [3.63, 3.8) is 0 Å². The van der Waals surface area contributed by atoms with Crippen molar-refractivity contribution in [3.05, 3.63) is 0 Å². The van der Waals surface area contributed by atoms with Gasteiger partial charge in [-0.3, -0.25) is 0 Å². The van der Waals surface area contributed by atoms with Gasteiger partial charge in [-0.2, -0.15) is 0 Å². The zero-order valence-electron chi connectivity index (χ0n) is 29.4. The van der Waals surface area contributed by atoms with E-state index in [1.165, 1.54) is 0 Å². The SMILES string of the molecule is COCC(OC)C(OC)C(OC)C(COC)OC1OC(COC)C(OC)C(OC)C1OC1OC(COC)C(OC)C(OC)C1OC. The third kappa shape index (κ3) is 10.2. The molecule has 0 aromatic carbocycles. The Labute approximate surface area is 273 Å². The summed E-state index contributed by atoms with van der Waals surface area (Å²) in [5, 5.41) is 0. The first-order valence-electron chi connectivity index (χ1n) is 15.1. The van der Waals surface area contributed by atoms with Crippen molar-refractivity contribution in [2.75, 3.05) is 112 Å². The quantitative estimate of drug-likeness (QED) is 0.142. The molecule has 0 aliphatic carbocycles. The summed E-state index contributed by atoms with van der Waals surface area (Å²) < 4.78 is 94.9. The smallest absolute Gasteiger partial charge is 0.187 e. The lowest BCUT2D eigenvalue weighted by atomic mass is 9.96. The minimum absolute atomic E-state index is 0.104. The van der Waals surface area contributed by atoms with E-state index < -0.39 is 85.8 Å². The Morgan fingerprint density at radius 1 is 0.435 bits per heavy atom. The summed E-state index contributed by atoms with van der Waals surface area (Å²) >= 11 is 0. The average Bonchev–Trinajstić information content (AvgIpc) is 3.06. The maximum absolute atomic E-state index is 6.71. The molecule has 0 saturated carbocycles. The molecule has 0 spiro atoms. The van der Waals surface area contributed by atoms with E-state index in [1.54, 1.807) is 85.3 Å². The molecular formula is C30H58O16. The molecule has 2 heterocycles. The highest BCUT2D eigenvalue weighted by Gasteiger charge is 2.54. The van der Waals surface area contributed by atoms with E-state index >= 15 is 0 Å². The molecule has 2 aliphatic rings. The predicted molar refractivity (Wildman–Crippen MR) is 161 cm³/mol. The Kier molecular flexibility index (Phi) is 20.0. The Balaban J connectivity index is 2.56. The highest BCUT2D eigenvalue weighted by atomic mass is 16.8. The van der Waals surface area contributed by atoms with Gasteiger partial charge in [-0.05, 0) is 0 Å². The Hall–Kier alpha value is -0.640. The summed E-state index contributed by atoms with van der Waals surface area (Å²) in [5.41, 5.74) is 0. The molecule has 274 valence electrons. The van der Waals surface area contributed by atoms with E-state index in [-0.39, 0.29) is 26.4 Å². The van der Waals surface area contributed by atoms with Gasteiger partial charge in [0.25, 0.3) is 0 Å². The molecule has 46 heavy (non-hydrogen) atoms. The van der Waals surface area contributed by atoms with Crippen LogP contribution in [0.2, 0.25) is 0 Å². The van der Waals surface area contributed by atoms with Gasteiger partial charge in [0.1, 0.15) is 73.2 Å². The van der Waals surface area contributed by atoms with E-state index in [2.05, 4.69) is 0 Å². The molecular weight excluding hydrogens is 616 g/mol. The van der Waals surface area contributed by atoms with Crippen LogP contribution in [0.1, 0.15) is 0 Å². The summed E-state index contributed by atoms with van der Waals surface area (Å²) in [6, 6.07) is 0. The normalized spacial score (nSPS) is 34.7. The van der Waals surface area contributed by atoms with Crippen LogP contribution in [-0.2, 0) is 75.8 Å². The van der Waals surface area contributed by atoms with Gasteiger partial charge in [-0.25, -0.2) is 0 Å². The van der Waals surface area contributed by atoms with E-state index in [4.69, 9.17) is 75.8 Å². The predicted octanol–water partition coefficient (Wildman–Crippen LogP) is -0.0878. The molecule has 2 aliphatic heterocycles. The van der Waals surface area contributed by atoms with E-state index in [0.717, 1.165) is 0 Å². The number of methoxy groups -OCH3 is 12. The average molecular weight is 675 g/mol. The van der Waals surface area contributed by atoms with Gasteiger partial charge in [0.15, 0.2) is 12.6 Å². The Morgan fingerprint density at radius 2 is 0.870 bits per heavy atom. The fourth-order valence-electron chi connectivity index (χ4n) is 6.23. The van der Waals surface area contributed by atoms with Gasteiger partial charge in [-0.1, -0.05) is 0 Å². The molecule has 2 fully saturated rings. The lowest BCUT2D eigenvalue weighted by Crippen LogP contribution is -2.66. The Bertz CT molecular complexity index is 781. The van der Waals surface area contributed by atoms with Crippen LogP contribution >= 0.6 is 0 Å². The zero-order valence-corrected chi connectivity index (χ0v) is 29.4. The number of rotatable bonds is 23. The fraction of sp³-hybridized carbons (Fsp3) is 1.00. The van der Waals surface area contributed by atoms with Gasteiger partial charge in [0, 0.05) is 85.3 Å². The van der Waals surface area contributed by atoms with Gasteiger partial charge < -0.3 is 75.8 Å². The highest BCUT2D eigenvalue weighted by Crippen LogP contribution is 2.35. The minimum atomic E-state index is -1.07. The first-order valence-corrected chi connectivity index (χ1v) is 15.1. The monoisotopic (exact) mass is 674 g/mol. The van der Waals surface area contributed by atoms with Gasteiger partial charge in [0.2, 0.25) is 0 Å². The van der Waals surface area contributed by atoms with E-state index in [0.29, 0.717) is 0 Å². The van der Waals surface area contributed by atoms with Crippen molar-refractivity contribution in [1.29, 1.82) is 0 Å². The number of ether oxygens (including phenoxy) is 16. The molecule has 14 unspecified atom stereocenters. The van der Waals surface area contributed by atoms with Crippen molar-refractivity contribution in [2.45, 2.75) is 85.8 Å². The third-order valence-corrected chi connectivity index (χ3v) is 8.37. The topological polar surface area (TPSA) is 148 Å². The van der Waals surface area contributed by atoms with Crippen LogP contribution in [0, 0.1) is 0 Å². The summed E-state index contributed by atoms with van der Waals surface area (Å²) in [6.07, 6.45) is -9.76. The third-order valence-electron chi connectivity index (χ3n) is 8.37. The molecule has 0 bridgehead atoms. The van der Waals surface area contributed by atoms with Crippen molar-refractivity contribution >= 4 is 0 Å². The van der Waals surface area contributed by atoms with Crippen LogP contribution in [-0.4, -0.2) is 198 Å². The van der Waals surface area contributed by atoms with Crippen LogP contribution in [0.4, 0.5) is 0 Å². The molecule has 0 amide bonds.